The van der Waals surface area contributed by atoms with Crippen LogP contribution in [0.2, 0.25) is 0 Å². The van der Waals surface area contributed by atoms with Gasteiger partial charge in [0.2, 0.25) is 0 Å². The van der Waals surface area contributed by atoms with E-state index in [0.29, 0.717) is 28.9 Å². The van der Waals surface area contributed by atoms with E-state index in [-0.39, 0.29) is 0 Å². The van der Waals surface area contributed by atoms with Gasteiger partial charge in [0.1, 0.15) is 0 Å². The average Bonchev–Trinajstić information content (AvgIpc) is 2.20. The fourth-order valence-electron chi connectivity index (χ4n) is 1.10. The van der Waals surface area contributed by atoms with E-state index < -0.39 is 11.8 Å². The van der Waals surface area contributed by atoms with Gasteiger partial charge in [0, 0.05) is 11.4 Å². The lowest BCUT2D eigenvalue weighted by atomic mass is 10.3. The highest BCUT2D eigenvalue weighted by molar-refractivity contribution is 7.99. The minimum atomic E-state index is -2.50. The van der Waals surface area contributed by atoms with Gasteiger partial charge in [-0.1, -0.05) is 23.9 Å². The maximum absolute atomic E-state index is 12.2. The smallest absolute Gasteiger partial charge is 0.319 e. The predicted molar refractivity (Wildman–Crippen MR) is 61.0 cm³/mol. The molecule has 0 spiro atoms. The molecule has 0 saturated carbocycles. The minimum absolute atomic E-state index is 0.351. The topological polar surface area (TPSA) is 41.1 Å². The molecule has 88 valence electrons. The zero-order valence-electron chi connectivity index (χ0n) is 8.67. The zero-order chi connectivity index (χ0) is 12.0. The van der Waals surface area contributed by atoms with Crippen LogP contribution in [-0.4, -0.2) is 18.3 Å². The van der Waals surface area contributed by atoms with Crippen molar-refractivity contribution in [3.05, 3.63) is 24.3 Å². The van der Waals surface area contributed by atoms with Crippen molar-refractivity contribution in [3.8, 4) is 0 Å². The number of alkyl halides is 2. The molecule has 0 fully saturated rings. The number of urea groups is 1. The average molecular weight is 246 g/mol. The van der Waals surface area contributed by atoms with E-state index in [2.05, 4.69) is 10.6 Å². The lowest BCUT2D eigenvalue weighted by Crippen LogP contribution is -2.28. The van der Waals surface area contributed by atoms with Crippen molar-refractivity contribution >= 4 is 23.5 Å². The molecule has 2 amide bonds. The number of benzene rings is 1. The van der Waals surface area contributed by atoms with Crippen molar-refractivity contribution in [2.45, 2.75) is 17.6 Å². The number of hydrogen-bond acceptors (Lipinski definition) is 2. The van der Waals surface area contributed by atoms with Gasteiger partial charge < -0.3 is 10.6 Å². The first-order chi connectivity index (χ1) is 7.63. The molecule has 0 aliphatic rings. The molecule has 0 heterocycles. The fraction of sp³-hybridized carbons (Fsp3) is 0.300. The van der Waals surface area contributed by atoms with Crippen LogP contribution in [0.3, 0.4) is 0 Å². The van der Waals surface area contributed by atoms with Crippen molar-refractivity contribution in [1.29, 1.82) is 0 Å². The monoisotopic (exact) mass is 246 g/mol. The van der Waals surface area contributed by atoms with Crippen LogP contribution in [0.15, 0.2) is 29.2 Å². The Morgan fingerprint density at radius 2 is 2.12 bits per heavy atom. The third-order valence-electron chi connectivity index (χ3n) is 1.69. The second-order valence-corrected chi connectivity index (χ2v) is 3.89. The molecule has 1 aromatic rings. The normalized spacial score (nSPS) is 10.2. The third-order valence-corrected chi connectivity index (χ3v) is 2.48. The summed E-state index contributed by atoms with van der Waals surface area (Å²) in [4.78, 5) is 11.6. The van der Waals surface area contributed by atoms with Gasteiger partial charge in [-0.25, -0.2) is 4.79 Å². The van der Waals surface area contributed by atoms with Crippen LogP contribution < -0.4 is 10.6 Å². The number of rotatable bonds is 4. The Morgan fingerprint density at radius 3 is 2.75 bits per heavy atom. The molecule has 16 heavy (non-hydrogen) atoms. The maximum Gasteiger partial charge on any atom is 0.319 e. The Hall–Kier alpha value is -1.30. The van der Waals surface area contributed by atoms with Gasteiger partial charge in [-0.3, -0.25) is 0 Å². The predicted octanol–water partition coefficient (Wildman–Crippen LogP) is 3.14. The molecular weight excluding hydrogens is 234 g/mol. The summed E-state index contributed by atoms with van der Waals surface area (Å²) in [6, 6.07) is 6.05. The number of halogens is 2. The second kappa shape index (κ2) is 6.32. The molecule has 0 aliphatic heterocycles. The molecule has 0 aliphatic carbocycles. The molecule has 1 aromatic carbocycles. The first-order valence-electron chi connectivity index (χ1n) is 4.72. The van der Waals surface area contributed by atoms with Crippen molar-refractivity contribution in [3.63, 3.8) is 0 Å². The summed E-state index contributed by atoms with van der Waals surface area (Å²) in [6.07, 6.45) is 0. The number of para-hydroxylation sites is 1. The first-order valence-corrected chi connectivity index (χ1v) is 5.60. The van der Waals surface area contributed by atoms with Gasteiger partial charge in [0.05, 0.1) is 5.69 Å². The number of thioether (sulfide) groups is 1. The molecule has 0 atom stereocenters. The number of carbonyl (C=O) groups excluding carboxylic acids is 1. The third kappa shape index (κ3) is 4.06. The first kappa shape index (κ1) is 12.8. The van der Waals surface area contributed by atoms with Gasteiger partial charge in [0.25, 0.3) is 5.76 Å². The summed E-state index contributed by atoms with van der Waals surface area (Å²) in [7, 11) is 0. The van der Waals surface area contributed by atoms with Gasteiger partial charge in [0.15, 0.2) is 0 Å². The van der Waals surface area contributed by atoms with E-state index in [9.17, 15) is 13.6 Å². The largest absolute Gasteiger partial charge is 0.338 e. The Bertz CT molecular complexity index is 360. The number of anilines is 1. The lowest BCUT2D eigenvalue weighted by Gasteiger charge is -2.10. The molecule has 0 radical (unpaired) electrons. The van der Waals surface area contributed by atoms with Crippen LogP contribution in [0, 0.1) is 0 Å². The molecule has 3 nitrogen and oxygen atoms in total. The standard InChI is InChI=1S/C10H12F2N2OS/c1-2-13-10(15)14-7-5-3-4-6-8(7)16-9(11)12/h3-6,9H,2H2,1H3,(H2,13,14,15). The Labute approximate surface area is 96.6 Å². The molecular formula is C10H12F2N2OS. The SMILES string of the molecule is CCNC(=O)Nc1ccccc1SC(F)F. The number of nitrogens with one attached hydrogen (secondary N) is 2. The van der Waals surface area contributed by atoms with Crippen LogP contribution in [0.1, 0.15) is 6.92 Å². The van der Waals surface area contributed by atoms with Crippen molar-refractivity contribution in [1.82, 2.24) is 5.32 Å². The van der Waals surface area contributed by atoms with Crippen LogP contribution in [0.25, 0.3) is 0 Å². The quantitative estimate of drug-likeness (QED) is 0.801. The fourth-order valence-corrected chi connectivity index (χ4v) is 1.69. The van der Waals surface area contributed by atoms with Crippen molar-refractivity contribution in [2.75, 3.05) is 11.9 Å². The summed E-state index contributed by atoms with van der Waals surface area (Å²) in [5, 5.41) is 5.04. The molecule has 0 bridgehead atoms. The summed E-state index contributed by atoms with van der Waals surface area (Å²) < 4.78 is 24.4. The van der Waals surface area contributed by atoms with Crippen LogP contribution in [0.5, 0.6) is 0 Å². The van der Waals surface area contributed by atoms with Gasteiger partial charge in [-0.15, -0.1) is 0 Å². The van der Waals surface area contributed by atoms with Gasteiger partial charge in [-0.2, -0.15) is 8.78 Å². The van der Waals surface area contributed by atoms with Crippen molar-refractivity contribution < 1.29 is 13.6 Å². The highest BCUT2D eigenvalue weighted by atomic mass is 32.2. The van der Waals surface area contributed by atoms with E-state index in [1.165, 1.54) is 0 Å². The number of amides is 2. The Balaban J connectivity index is 2.74. The summed E-state index contributed by atoms with van der Waals surface area (Å²) in [5.41, 5.74) is 0.388. The van der Waals surface area contributed by atoms with E-state index in [1.807, 2.05) is 0 Å². The molecule has 0 unspecified atom stereocenters. The lowest BCUT2D eigenvalue weighted by molar-refractivity contribution is 0.251. The second-order valence-electron chi connectivity index (χ2n) is 2.86. The van der Waals surface area contributed by atoms with Crippen molar-refractivity contribution in [2.24, 2.45) is 0 Å². The molecule has 0 aromatic heterocycles. The van der Waals surface area contributed by atoms with E-state index >= 15 is 0 Å². The summed E-state index contributed by atoms with van der Waals surface area (Å²) >= 11 is 0.409. The highest BCUT2D eigenvalue weighted by Crippen LogP contribution is 2.31. The van der Waals surface area contributed by atoms with E-state index in [1.54, 1.807) is 31.2 Å². The molecule has 2 N–H and O–H groups in total. The molecule has 6 heteroatoms. The highest BCUT2D eigenvalue weighted by Gasteiger charge is 2.10. The summed E-state index contributed by atoms with van der Waals surface area (Å²) in [5.74, 6) is -2.50. The van der Waals surface area contributed by atoms with Gasteiger partial charge >= 0.3 is 6.03 Å². The van der Waals surface area contributed by atoms with Crippen LogP contribution in [0.4, 0.5) is 19.3 Å². The Kier molecular flexibility index (Phi) is 5.04. The van der Waals surface area contributed by atoms with E-state index in [4.69, 9.17) is 0 Å². The van der Waals surface area contributed by atoms with Gasteiger partial charge in [-0.05, 0) is 19.1 Å². The summed E-state index contributed by atoms with van der Waals surface area (Å²) in [6.45, 7) is 2.26. The van der Waals surface area contributed by atoms with E-state index in [0.717, 1.165) is 0 Å². The van der Waals surface area contributed by atoms with Crippen LogP contribution in [-0.2, 0) is 0 Å². The Morgan fingerprint density at radius 1 is 1.44 bits per heavy atom. The zero-order valence-corrected chi connectivity index (χ0v) is 9.48. The minimum Gasteiger partial charge on any atom is -0.338 e. The molecule has 1 rings (SSSR count). The number of carbonyl (C=O) groups is 1. The maximum atomic E-state index is 12.2. The molecule has 0 saturated heterocycles. The van der Waals surface area contributed by atoms with Crippen LogP contribution >= 0.6 is 11.8 Å². The number of hydrogen-bond donors (Lipinski definition) is 2.